The zero-order valence-corrected chi connectivity index (χ0v) is 14.6. The molecule has 0 amide bonds. The van der Waals surface area contributed by atoms with Crippen LogP contribution in [0.25, 0.3) is 0 Å². The van der Waals surface area contributed by atoms with Gasteiger partial charge in [-0.2, -0.15) is 0 Å². The minimum absolute atomic E-state index is 0. The molecule has 4 nitrogen and oxygen atoms in total. The Morgan fingerprint density at radius 3 is 1.58 bits per heavy atom. The Hall–Kier alpha value is 1.87. The molecule has 7 heteroatoms. The van der Waals surface area contributed by atoms with E-state index in [1.165, 1.54) is 44.9 Å². The van der Waals surface area contributed by atoms with Crippen LogP contribution in [0.4, 0.5) is 0 Å². The topological polar surface area (TPSA) is 66.4 Å². The molecule has 106 valence electrons. The molecule has 0 aromatic rings. The van der Waals surface area contributed by atoms with Gasteiger partial charge in [0, 0.05) is 0 Å². The van der Waals surface area contributed by atoms with Crippen molar-refractivity contribution in [2.45, 2.75) is 71.1 Å². The van der Waals surface area contributed by atoms with Gasteiger partial charge in [-0.05, 0) is 6.42 Å². The molecule has 0 spiro atoms. The van der Waals surface area contributed by atoms with Crippen molar-refractivity contribution in [2.24, 2.45) is 0 Å². The van der Waals surface area contributed by atoms with E-state index >= 15 is 0 Å². The van der Waals surface area contributed by atoms with Gasteiger partial charge in [0.2, 0.25) is 10.4 Å². The predicted octanol–water partition coefficient (Wildman–Crippen LogP) is -0.260. The van der Waals surface area contributed by atoms with Gasteiger partial charge in [0.25, 0.3) is 0 Å². The van der Waals surface area contributed by atoms with E-state index in [-0.39, 0.29) is 65.7 Å². The Balaban J connectivity index is -0.00000128. The molecule has 0 aromatic heterocycles. The Morgan fingerprint density at radius 1 is 0.842 bits per heavy atom. The van der Waals surface area contributed by atoms with Crippen LogP contribution in [0, 0.1) is 0 Å². The first-order valence-corrected chi connectivity index (χ1v) is 8.00. The van der Waals surface area contributed by atoms with Crippen LogP contribution in [-0.4, -0.2) is 49.1 Å². The number of unbranched alkanes of at least 4 members (excludes halogenated alkanes) is 9. The first-order chi connectivity index (χ1) is 8.06. The Morgan fingerprint density at radius 2 is 1.21 bits per heavy atom. The molecule has 0 radical (unpaired) electrons. The Labute approximate surface area is 163 Å². The molecule has 0 saturated heterocycles. The van der Waals surface area contributed by atoms with Crippen LogP contribution in [-0.2, 0) is 14.6 Å². The molecular weight excluding hydrogens is 286 g/mol. The van der Waals surface area contributed by atoms with Crippen molar-refractivity contribution in [2.75, 3.05) is 6.61 Å². The molecular formula is C12H26Na2O4S. The summed E-state index contributed by atoms with van der Waals surface area (Å²) in [6.45, 7) is 2.24. The molecule has 0 bridgehead atoms. The summed E-state index contributed by atoms with van der Waals surface area (Å²) in [5, 5.41) is 0. The third-order valence-electron chi connectivity index (χ3n) is 2.73. The summed E-state index contributed by atoms with van der Waals surface area (Å²) in [5.74, 6) is 0. The van der Waals surface area contributed by atoms with Crippen LogP contribution in [0.2, 0.25) is 0 Å². The molecule has 0 aromatic carbocycles. The Bertz CT molecular complexity index is 258. The zero-order valence-electron chi connectivity index (χ0n) is 11.8. The van der Waals surface area contributed by atoms with E-state index in [1.807, 2.05) is 0 Å². The molecule has 19 heavy (non-hydrogen) atoms. The second-order valence-electron chi connectivity index (χ2n) is 4.41. The fraction of sp³-hybridized carbons (Fsp3) is 1.00. The van der Waals surface area contributed by atoms with E-state index in [9.17, 15) is 13.0 Å². The number of hydrogen-bond acceptors (Lipinski definition) is 4. The van der Waals surface area contributed by atoms with Crippen molar-refractivity contribution >= 4 is 40.0 Å². The predicted molar refractivity (Wildman–Crippen MR) is 74.6 cm³/mol. The molecule has 0 atom stereocenters. The summed E-state index contributed by atoms with van der Waals surface area (Å²) in [4.78, 5) is 0. The first-order valence-electron chi connectivity index (χ1n) is 6.66. The van der Waals surface area contributed by atoms with Gasteiger partial charge < -0.3 is 4.55 Å². The van der Waals surface area contributed by atoms with Crippen molar-refractivity contribution in [1.29, 1.82) is 0 Å². The van der Waals surface area contributed by atoms with E-state index in [0.29, 0.717) is 6.42 Å². The van der Waals surface area contributed by atoms with Gasteiger partial charge in [0.05, 0.1) is 6.61 Å². The van der Waals surface area contributed by atoms with E-state index in [2.05, 4.69) is 11.1 Å². The fourth-order valence-electron chi connectivity index (χ4n) is 1.75. The van der Waals surface area contributed by atoms with Crippen molar-refractivity contribution in [3.63, 3.8) is 0 Å². The molecule has 0 aliphatic heterocycles. The first kappa shape index (κ1) is 25.8. The maximum atomic E-state index is 10.1. The molecule has 0 N–H and O–H groups in total. The number of hydrogen-bond donors (Lipinski definition) is 0. The van der Waals surface area contributed by atoms with Gasteiger partial charge in [-0.15, -0.1) is 0 Å². The van der Waals surface area contributed by atoms with Gasteiger partial charge in [-0.25, -0.2) is 8.42 Å². The monoisotopic (exact) mass is 312 g/mol. The molecule has 0 aliphatic rings. The molecule has 0 aliphatic carbocycles. The summed E-state index contributed by atoms with van der Waals surface area (Å²) in [6, 6.07) is 0. The fourth-order valence-corrected chi connectivity index (χ4v) is 2.07. The van der Waals surface area contributed by atoms with Crippen LogP contribution in [0.5, 0.6) is 0 Å². The van der Waals surface area contributed by atoms with Crippen LogP contribution in [0.15, 0.2) is 0 Å². The third-order valence-corrected chi connectivity index (χ3v) is 3.18. The molecule has 0 unspecified atom stereocenters. The van der Waals surface area contributed by atoms with Crippen LogP contribution < -0.4 is 29.6 Å². The van der Waals surface area contributed by atoms with Crippen LogP contribution >= 0.6 is 0 Å². The SMILES string of the molecule is CCCCCCCCCCCCOS(=O)(=O)[O-].[Na+].[NaH]. The van der Waals surface area contributed by atoms with Crippen molar-refractivity contribution < 1.29 is 46.7 Å². The van der Waals surface area contributed by atoms with Gasteiger partial charge >= 0.3 is 59.1 Å². The summed E-state index contributed by atoms with van der Waals surface area (Å²) < 4.78 is 34.5. The van der Waals surface area contributed by atoms with E-state index in [1.54, 1.807) is 0 Å². The average Bonchev–Trinajstić information content (AvgIpc) is 2.24. The third kappa shape index (κ3) is 25.2. The number of rotatable bonds is 12. The van der Waals surface area contributed by atoms with Crippen molar-refractivity contribution in [3.05, 3.63) is 0 Å². The normalized spacial score (nSPS) is 10.6. The van der Waals surface area contributed by atoms with Gasteiger partial charge in [0.1, 0.15) is 0 Å². The summed E-state index contributed by atoms with van der Waals surface area (Å²) in [5.41, 5.74) is 0. The van der Waals surface area contributed by atoms with Crippen molar-refractivity contribution in [3.8, 4) is 0 Å². The summed E-state index contributed by atoms with van der Waals surface area (Å²) in [7, 11) is -4.48. The van der Waals surface area contributed by atoms with Gasteiger partial charge in [0.15, 0.2) is 0 Å². The van der Waals surface area contributed by atoms with Gasteiger partial charge in [-0.1, -0.05) is 64.7 Å². The Kier molecular flexibility index (Phi) is 24.3. The van der Waals surface area contributed by atoms with Crippen LogP contribution in [0.3, 0.4) is 0 Å². The van der Waals surface area contributed by atoms with Crippen LogP contribution in [0.1, 0.15) is 71.1 Å². The quantitative estimate of drug-likeness (QED) is 0.215. The van der Waals surface area contributed by atoms with E-state index in [4.69, 9.17) is 0 Å². The molecule has 0 saturated carbocycles. The van der Waals surface area contributed by atoms with Gasteiger partial charge in [-0.3, -0.25) is 4.18 Å². The minimum atomic E-state index is -4.48. The zero-order chi connectivity index (χ0) is 13.0. The average molecular weight is 312 g/mol. The second kappa shape index (κ2) is 17.9. The van der Waals surface area contributed by atoms with E-state index in [0.717, 1.165) is 12.8 Å². The maximum absolute atomic E-state index is 10.1. The second-order valence-corrected chi connectivity index (χ2v) is 5.46. The summed E-state index contributed by atoms with van der Waals surface area (Å²) in [6.07, 6.45) is 11.7. The standard InChI is InChI=1S/C12H26O4S.2Na.H/c1-2-3-4-5-6-7-8-9-10-11-12-16-17(13,14)15;;;/h2-12H2,1H3,(H,13,14,15);;;/q;;+1;/p-1. The molecule has 0 heterocycles. The van der Waals surface area contributed by atoms with E-state index < -0.39 is 10.4 Å². The van der Waals surface area contributed by atoms with Crippen molar-refractivity contribution in [1.82, 2.24) is 0 Å². The molecule has 0 rings (SSSR count). The summed E-state index contributed by atoms with van der Waals surface area (Å²) >= 11 is 0. The molecule has 0 fully saturated rings.